The third kappa shape index (κ3) is 1.96. The molecule has 1 rings (SSSR count). The molecule has 0 heterocycles. The van der Waals surface area contributed by atoms with E-state index in [1.54, 1.807) is 12.2 Å². The molecule has 0 bridgehead atoms. The second-order valence-electron chi connectivity index (χ2n) is 4.55. The van der Waals surface area contributed by atoms with Crippen molar-refractivity contribution in [3.05, 3.63) is 23.3 Å². The lowest BCUT2D eigenvalue weighted by atomic mass is 9.72. The fraction of sp³-hybridized carbons (Fsp3) is 0.714. The van der Waals surface area contributed by atoms with E-state index in [9.17, 15) is 10.2 Å². The Balaban J connectivity index is 3.31. The van der Waals surface area contributed by atoms with Crippen LogP contribution >= 0.6 is 0 Å². The van der Waals surface area contributed by atoms with E-state index in [1.807, 2.05) is 27.7 Å². The van der Waals surface area contributed by atoms with Crippen LogP contribution < -0.4 is 0 Å². The Hall–Kier alpha value is -0.600. The number of aliphatic hydroxyl groups is 2. The Morgan fingerprint density at radius 1 is 0.812 bits per heavy atom. The Kier molecular flexibility index (Phi) is 3.97. The summed E-state index contributed by atoms with van der Waals surface area (Å²) in [5.74, 6) is 0. The van der Waals surface area contributed by atoms with Crippen molar-refractivity contribution >= 4 is 0 Å². The molecule has 0 saturated carbocycles. The summed E-state index contributed by atoms with van der Waals surface area (Å²) < 4.78 is 0. The van der Waals surface area contributed by atoms with Crippen LogP contribution in [0, 0.1) is 0 Å². The fourth-order valence-electron chi connectivity index (χ4n) is 2.70. The van der Waals surface area contributed by atoms with Crippen molar-refractivity contribution in [1.82, 2.24) is 0 Å². The molecule has 0 aliphatic heterocycles. The first-order valence-corrected chi connectivity index (χ1v) is 6.35. The van der Waals surface area contributed by atoms with Crippen LogP contribution in [0.15, 0.2) is 23.3 Å². The van der Waals surface area contributed by atoms with Gasteiger partial charge in [0.05, 0.1) is 0 Å². The van der Waals surface area contributed by atoms with Gasteiger partial charge in [-0.15, -0.1) is 0 Å². The smallest absolute Gasteiger partial charge is 0.104 e. The molecular formula is C14H24O2. The van der Waals surface area contributed by atoms with E-state index in [4.69, 9.17) is 0 Å². The molecule has 2 unspecified atom stereocenters. The zero-order chi connectivity index (χ0) is 12.4. The van der Waals surface area contributed by atoms with Crippen LogP contribution in [0.4, 0.5) is 0 Å². The third-order valence-electron chi connectivity index (χ3n) is 3.83. The first kappa shape index (κ1) is 13.5. The van der Waals surface area contributed by atoms with Gasteiger partial charge in [-0.2, -0.15) is 0 Å². The molecule has 16 heavy (non-hydrogen) atoms. The van der Waals surface area contributed by atoms with Crippen molar-refractivity contribution in [3.8, 4) is 0 Å². The zero-order valence-corrected chi connectivity index (χ0v) is 10.9. The van der Waals surface area contributed by atoms with E-state index in [2.05, 4.69) is 0 Å². The topological polar surface area (TPSA) is 40.5 Å². The molecule has 0 amide bonds. The molecule has 2 N–H and O–H groups in total. The molecule has 0 aromatic carbocycles. The van der Waals surface area contributed by atoms with Gasteiger partial charge in [-0.05, 0) is 49.0 Å². The molecule has 2 atom stereocenters. The summed E-state index contributed by atoms with van der Waals surface area (Å²) in [5, 5.41) is 21.0. The highest BCUT2D eigenvalue weighted by Gasteiger charge is 2.39. The summed E-state index contributed by atoms with van der Waals surface area (Å²) in [5.41, 5.74) is 0.317. The largest absolute Gasteiger partial charge is 0.381 e. The van der Waals surface area contributed by atoms with Crippen molar-refractivity contribution < 1.29 is 10.2 Å². The van der Waals surface area contributed by atoms with Gasteiger partial charge in [0.25, 0.3) is 0 Å². The van der Waals surface area contributed by atoms with Gasteiger partial charge in [-0.3, -0.25) is 0 Å². The van der Waals surface area contributed by atoms with Gasteiger partial charge in [0, 0.05) is 0 Å². The Morgan fingerprint density at radius 2 is 1.12 bits per heavy atom. The van der Waals surface area contributed by atoms with Crippen molar-refractivity contribution in [1.29, 1.82) is 0 Å². The van der Waals surface area contributed by atoms with Gasteiger partial charge >= 0.3 is 0 Å². The van der Waals surface area contributed by atoms with Crippen molar-refractivity contribution in [2.24, 2.45) is 0 Å². The van der Waals surface area contributed by atoms with Gasteiger partial charge < -0.3 is 10.2 Å². The fourth-order valence-corrected chi connectivity index (χ4v) is 2.70. The van der Waals surface area contributed by atoms with Crippen molar-refractivity contribution in [3.63, 3.8) is 0 Å². The Bertz CT molecular complexity index is 287. The number of hydrogen-bond donors (Lipinski definition) is 2. The number of hydrogen-bond acceptors (Lipinski definition) is 2. The molecule has 0 fully saturated rings. The molecule has 1 aliphatic carbocycles. The molecule has 92 valence electrons. The summed E-state index contributed by atoms with van der Waals surface area (Å²) in [4.78, 5) is 0. The molecule has 1 aliphatic rings. The summed E-state index contributed by atoms with van der Waals surface area (Å²) in [6, 6.07) is 0. The standard InChI is InChI=1S/C14H24O2/c1-5-11-12(6-2)14(16,8-4)10-9-13(11,15)7-3/h9-10,15-16H,5-8H2,1-4H3. The van der Waals surface area contributed by atoms with E-state index in [0.717, 1.165) is 24.0 Å². The third-order valence-corrected chi connectivity index (χ3v) is 3.83. The van der Waals surface area contributed by atoms with E-state index in [-0.39, 0.29) is 0 Å². The van der Waals surface area contributed by atoms with Gasteiger partial charge in [-0.1, -0.05) is 27.7 Å². The summed E-state index contributed by atoms with van der Waals surface area (Å²) in [6.45, 7) is 8.04. The van der Waals surface area contributed by atoms with Gasteiger partial charge in [0.1, 0.15) is 11.2 Å². The van der Waals surface area contributed by atoms with E-state index >= 15 is 0 Å². The highest BCUT2D eigenvalue weighted by atomic mass is 16.3. The lowest BCUT2D eigenvalue weighted by Crippen LogP contribution is -2.40. The second kappa shape index (κ2) is 4.72. The minimum atomic E-state index is -0.846. The van der Waals surface area contributed by atoms with Crippen molar-refractivity contribution in [2.75, 3.05) is 0 Å². The Labute approximate surface area is 98.7 Å². The maximum absolute atomic E-state index is 10.5. The van der Waals surface area contributed by atoms with Crippen LogP contribution in [-0.4, -0.2) is 21.4 Å². The molecule has 0 saturated heterocycles. The van der Waals surface area contributed by atoms with Gasteiger partial charge in [0.15, 0.2) is 0 Å². The lowest BCUT2D eigenvalue weighted by Gasteiger charge is -2.39. The second-order valence-corrected chi connectivity index (χ2v) is 4.55. The molecule has 0 aromatic rings. The molecular weight excluding hydrogens is 200 g/mol. The van der Waals surface area contributed by atoms with Crippen LogP contribution in [0.25, 0.3) is 0 Å². The predicted molar refractivity (Wildman–Crippen MR) is 67.2 cm³/mol. The first-order valence-electron chi connectivity index (χ1n) is 6.35. The van der Waals surface area contributed by atoms with Gasteiger partial charge in [0.2, 0.25) is 0 Å². The maximum Gasteiger partial charge on any atom is 0.104 e. The van der Waals surface area contributed by atoms with E-state index in [0.29, 0.717) is 12.8 Å². The highest BCUT2D eigenvalue weighted by Crippen LogP contribution is 2.40. The quantitative estimate of drug-likeness (QED) is 0.721. The van der Waals surface area contributed by atoms with Crippen LogP contribution in [0.3, 0.4) is 0 Å². The SMILES string of the molecule is CCC1=C(CC)C(O)(CC)C=CC1(O)CC. The van der Waals surface area contributed by atoms with Crippen LogP contribution in [0.1, 0.15) is 53.4 Å². The number of rotatable bonds is 4. The average Bonchev–Trinajstić information content (AvgIpc) is 2.31. The lowest BCUT2D eigenvalue weighted by molar-refractivity contribution is 0.0789. The average molecular weight is 224 g/mol. The molecule has 2 nitrogen and oxygen atoms in total. The zero-order valence-electron chi connectivity index (χ0n) is 10.9. The molecule has 0 aromatic heterocycles. The van der Waals surface area contributed by atoms with E-state index in [1.165, 1.54) is 0 Å². The van der Waals surface area contributed by atoms with Gasteiger partial charge in [-0.25, -0.2) is 0 Å². The van der Waals surface area contributed by atoms with Crippen LogP contribution in [0.5, 0.6) is 0 Å². The molecule has 0 radical (unpaired) electrons. The molecule has 2 heteroatoms. The summed E-state index contributed by atoms with van der Waals surface area (Å²) in [7, 11) is 0. The highest BCUT2D eigenvalue weighted by molar-refractivity contribution is 5.42. The maximum atomic E-state index is 10.5. The van der Waals surface area contributed by atoms with Crippen LogP contribution in [-0.2, 0) is 0 Å². The van der Waals surface area contributed by atoms with E-state index < -0.39 is 11.2 Å². The predicted octanol–water partition coefficient (Wildman–Crippen LogP) is 2.96. The minimum Gasteiger partial charge on any atom is -0.381 e. The first-order chi connectivity index (χ1) is 7.47. The van der Waals surface area contributed by atoms with Crippen LogP contribution in [0.2, 0.25) is 0 Å². The summed E-state index contributed by atoms with van der Waals surface area (Å²) >= 11 is 0. The summed E-state index contributed by atoms with van der Waals surface area (Å²) in [6.07, 6.45) is 6.45. The Morgan fingerprint density at radius 3 is 1.31 bits per heavy atom. The normalized spacial score (nSPS) is 34.6. The monoisotopic (exact) mass is 224 g/mol. The molecule has 0 spiro atoms. The van der Waals surface area contributed by atoms with Crippen molar-refractivity contribution in [2.45, 2.75) is 64.6 Å². The minimum absolute atomic E-state index is 0.663.